The van der Waals surface area contributed by atoms with Crippen molar-refractivity contribution < 1.29 is 168 Å². The van der Waals surface area contributed by atoms with Crippen molar-refractivity contribution in [3.05, 3.63) is 0 Å². The van der Waals surface area contributed by atoms with Crippen molar-refractivity contribution >= 4 is 52.8 Å². The van der Waals surface area contributed by atoms with E-state index in [1.165, 1.54) is 27.6 Å². The van der Waals surface area contributed by atoms with Gasteiger partial charge in [0, 0.05) is 132 Å². The number of ether oxygens (including phenoxy) is 10. The van der Waals surface area contributed by atoms with Crippen LogP contribution >= 0.6 is 23.2 Å². The quantitative estimate of drug-likeness (QED) is 0.0269. The third kappa shape index (κ3) is 33.6. The van der Waals surface area contributed by atoms with Crippen LogP contribution in [0.5, 0.6) is 0 Å². The van der Waals surface area contributed by atoms with Gasteiger partial charge in [-0.05, 0) is 96.3 Å². The molecule has 112 heavy (non-hydrogen) atoms. The Labute approximate surface area is 654 Å². The highest BCUT2D eigenvalue weighted by Crippen LogP contribution is 2.49. The highest BCUT2D eigenvalue weighted by atomic mass is 31.2. The Kier molecular flexibility index (Phi) is 43.8. The number of likely N-dealkylation sites (tertiary alicyclic amines) is 3. The molecule has 40 nitrogen and oxygen atoms in total. The van der Waals surface area contributed by atoms with Gasteiger partial charge in [0.05, 0.1) is 95.9 Å². The smallest absolute Gasteiger partial charge is 0.394 e. The molecule has 652 valence electrons. The van der Waals surface area contributed by atoms with E-state index in [9.17, 15) is 93.4 Å². The number of nitrogens with zero attached hydrogens (tertiary/aromatic N) is 3. The number of amides is 5. The number of hydrogen-bond donors (Lipinski definition) is 13. The number of aliphatic hydroxyl groups is 9. The van der Waals surface area contributed by atoms with Crippen LogP contribution in [0.2, 0.25) is 0 Å². The molecule has 18 unspecified atom stereocenters. The van der Waals surface area contributed by atoms with Crippen LogP contribution in [0, 0.1) is 11.3 Å². The minimum absolute atomic E-state index is 0.00559. The van der Waals surface area contributed by atoms with Crippen molar-refractivity contribution in [1.82, 2.24) is 25.3 Å². The largest absolute Gasteiger partial charge is 0.472 e. The van der Waals surface area contributed by atoms with Crippen LogP contribution in [0.3, 0.4) is 0 Å². The molecule has 13 N–H and O–H groups in total. The average molecular weight is 1680 g/mol. The first-order valence-electron chi connectivity index (χ1n) is 38.9. The number of phosphoric ester groups is 2. The van der Waals surface area contributed by atoms with Gasteiger partial charge in [-0.3, -0.25) is 46.6 Å². The standard InChI is InChI=1S/C69H126N5O35P3/c1-46-60(83)61(84)52(39-75)104-66(46)98-33-9-6-15-55(80)72-24-18-49(19-25-72)107-110(5,89)101-36-12-30-95-43-69(42-94-4,44-96-31-13-37-102-111(90,91)108-50-20-26-73(27-21-50)56(81)16-7-10-34-99-67-58(70-47(2)78)64(87)62(85)53(40-76)105-67)45-97-32-14-38-103-112(92,93)109-51-22-28-74(29-23-51)57(82)17-8-11-35-100-68-59(71-48(3)79)65(88)63(86)54(41-77)106-68/h46,49-54,58-68,75-77,83-88H,6-45H2,1-5H3,(H,70,78)(H,71,79)(H,90,91)(H,92,93). The highest BCUT2D eigenvalue weighted by molar-refractivity contribution is 7.53. The van der Waals surface area contributed by atoms with E-state index in [0.717, 1.165) is 0 Å². The number of unbranched alkanes of at least 4 members (excludes halogenated alkanes) is 3. The molecular weight excluding hydrogens is 1550 g/mol. The molecule has 0 aromatic rings. The number of nitrogens with one attached hydrogen (secondary N) is 2. The lowest BCUT2D eigenvalue weighted by Gasteiger charge is -2.42. The van der Waals surface area contributed by atoms with E-state index in [1.807, 2.05) is 0 Å². The van der Waals surface area contributed by atoms with E-state index < -0.39 is 170 Å². The monoisotopic (exact) mass is 1680 g/mol. The Morgan fingerprint density at radius 1 is 0.429 bits per heavy atom. The minimum Gasteiger partial charge on any atom is -0.394 e. The normalized spacial score (nSPS) is 29.4. The summed E-state index contributed by atoms with van der Waals surface area (Å²) < 4.78 is 131. The molecule has 6 fully saturated rings. The fraction of sp³-hybridized carbons (Fsp3) is 0.928. The molecule has 0 bridgehead atoms. The number of aliphatic hydroxyl groups excluding tert-OH is 9. The van der Waals surface area contributed by atoms with E-state index in [0.29, 0.717) is 70.9 Å². The molecule has 0 aliphatic carbocycles. The van der Waals surface area contributed by atoms with Gasteiger partial charge in [-0.2, -0.15) is 0 Å². The van der Waals surface area contributed by atoms with E-state index >= 15 is 0 Å². The summed E-state index contributed by atoms with van der Waals surface area (Å²) in [4.78, 5) is 89.1. The van der Waals surface area contributed by atoms with Crippen molar-refractivity contribution in [2.45, 2.75) is 241 Å². The predicted molar refractivity (Wildman–Crippen MR) is 391 cm³/mol. The minimum atomic E-state index is -4.56. The molecule has 6 aliphatic rings. The summed E-state index contributed by atoms with van der Waals surface area (Å²) in [6, 6.07) is -2.18. The molecule has 0 aromatic heterocycles. The fourth-order valence-corrected chi connectivity index (χ4v) is 17.0. The van der Waals surface area contributed by atoms with E-state index in [-0.39, 0.29) is 188 Å². The third-order valence-corrected chi connectivity index (χ3v) is 23.5. The van der Waals surface area contributed by atoms with E-state index in [1.54, 1.807) is 21.6 Å². The number of piperidine rings is 3. The van der Waals surface area contributed by atoms with Gasteiger partial charge in [0.25, 0.3) is 0 Å². The lowest BCUT2D eigenvalue weighted by molar-refractivity contribution is -0.282. The van der Waals surface area contributed by atoms with Crippen LogP contribution in [-0.4, -0.2) is 363 Å². The Balaban J connectivity index is 0.889. The maximum atomic E-state index is 13.5. The first-order valence-corrected chi connectivity index (χ1v) is 43.9. The van der Waals surface area contributed by atoms with Crippen molar-refractivity contribution in [2.75, 3.05) is 159 Å². The zero-order valence-electron chi connectivity index (χ0n) is 65.1. The average Bonchev–Trinajstić information content (AvgIpc) is 0.829. The number of carbonyl (C=O) groups excluding carboxylic acids is 5. The topological polar surface area (TPSA) is 541 Å². The molecule has 0 aromatic carbocycles. The molecule has 6 saturated heterocycles. The molecule has 6 rings (SSSR count). The summed E-state index contributed by atoms with van der Waals surface area (Å²) in [6.45, 7) is 5.98. The van der Waals surface area contributed by atoms with Gasteiger partial charge in [0.15, 0.2) is 18.9 Å². The zero-order valence-corrected chi connectivity index (χ0v) is 67.8. The summed E-state index contributed by atoms with van der Waals surface area (Å²) in [5, 5.41) is 95.6. The summed E-state index contributed by atoms with van der Waals surface area (Å²) in [7, 11) is -11.2. The molecule has 0 saturated carbocycles. The summed E-state index contributed by atoms with van der Waals surface area (Å²) in [5.74, 6) is -1.83. The van der Waals surface area contributed by atoms with Crippen LogP contribution in [0.25, 0.3) is 0 Å². The van der Waals surface area contributed by atoms with Crippen molar-refractivity contribution in [1.29, 1.82) is 0 Å². The SMILES string of the molecule is COCC(COCCCOP(C)(=O)OC1CCN(C(=O)CCCCOC2OC(CO)C(O)C(O)C2C)CC1)(COCCCOP(=O)(O)OC1CCN(C(=O)CCCCOC2OC(CO)C(O)C(O)C2NC(C)=O)CC1)COCCCOP(=O)(O)OC1CCN(C(=O)CCCCOC2OC(CO)C(O)C(O)C2NC(C)=O)CC1. The first kappa shape index (κ1) is 97.8. The van der Waals surface area contributed by atoms with E-state index in [2.05, 4.69) is 10.6 Å². The predicted octanol–water partition coefficient (Wildman–Crippen LogP) is -0.541. The number of hydrogen-bond acceptors (Lipinski definition) is 33. The van der Waals surface area contributed by atoms with Crippen LogP contribution in [-0.2, 0) is 112 Å². The molecule has 5 amide bonds. The van der Waals surface area contributed by atoms with Crippen molar-refractivity contribution in [3.63, 3.8) is 0 Å². The Bertz CT molecular complexity index is 2780. The van der Waals surface area contributed by atoms with Crippen molar-refractivity contribution in [3.8, 4) is 0 Å². The second-order valence-corrected chi connectivity index (χ2v) is 34.2. The van der Waals surface area contributed by atoms with Gasteiger partial charge in [-0.15, -0.1) is 0 Å². The molecular formula is C69H126N5O35P3. The second kappa shape index (κ2) is 50.1. The summed E-state index contributed by atoms with van der Waals surface area (Å²) in [5.41, 5.74) is -0.963. The van der Waals surface area contributed by atoms with Crippen molar-refractivity contribution in [2.24, 2.45) is 11.3 Å². The number of phosphoric acid groups is 2. The molecule has 43 heteroatoms. The Morgan fingerprint density at radius 3 is 1.09 bits per heavy atom. The molecule has 6 heterocycles. The Hall–Kier alpha value is -3.04. The van der Waals surface area contributed by atoms with E-state index in [4.69, 9.17) is 74.5 Å². The van der Waals surface area contributed by atoms with Gasteiger partial charge in [0.1, 0.15) is 60.9 Å². The summed E-state index contributed by atoms with van der Waals surface area (Å²) in [6.07, 6.45) is -10.4. The second-order valence-electron chi connectivity index (χ2n) is 29.3. The van der Waals surface area contributed by atoms with Gasteiger partial charge < -0.3 is 137 Å². The number of rotatable bonds is 52. The lowest BCUT2D eigenvalue weighted by Crippen LogP contribution is -2.64. The number of carbonyl (C=O) groups is 5. The summed E-state index contributed by atoms with van der Waals surface area (Å²) >= 11 is 0. The van der Waals surface area contributed by atoms with Gasteiger partial charge in [-0.25, -0.2) is 9.13 Å². The van der Waals surface area contributed by atoms with Gasteiger partial charge in [-0.1, -0.05) is 6.92 Å². The molecule has 18 atom stereocenters. The van der Waals surface area contributed by atoms with Crippen LogP contribution in [0.4, 0.5) is 0 Å². The fourth-order valence-electron chi connectivity index (χ4n) is 13.7. The van der Waals surface area contributed by atoms with Crippen LogP contribution < -0.4 is 10.6 Å². The lowest BCUT2D eigenvalue weighted by atomic mass is 9.92. The molecule has 0 spiro atoms. The maximum absolute atomic E-state index is 13.5. The Morgan fingerprint density at radius 2 is 0.750 bits per heavy atom. The van der Waals surface area contributed by atoms with Gasteiger partial charge in [0.2, 0.25) is 29.5 Å². The maximum Gasteiger partial charge on any atom is 0.472 e. The molecule has 6 aliphatic heterocycles. The highest BCUT2D eigenvalue weighted by Gasteiger charge is 2.48. The van der Waals surface area contributed by atoms with Crippen LogP contribution in [0.1, 0.15) is 136 Å². The number of methoxy groups -OCH3 is 1. The third-order valence-electron chi connectivity index (χ3n) is 20.0. The van der Waals surface area contributed by atoms with Crippen LogP contribution in [0.15, 0.2) is 0 Å². The first-order chi connectivity index (χ1) is 53.3. The van der Waals surface area contributed by atoms with Gasteiger partial charge >= 0.3 is 23.2 Å². The molecule has 0 radical (unpaired) electrons. The zero-order chi connectivity index (χ0) is 82.0.